The van der Waals surface area contributed by atoms with E-state index in [9.17, 15) is 8.78 Å². The van der Waals surface area contributed by atoms with Gasteiger partial charge in [0.1, 0.15) is 5.75 Å². The molecule has 21 heavy (non-hydrogen) atoms. The van der Waals surface area contributed by atoms with E-state index in [0.29, 0.717) is 6.04 Å². The van der Waals surface area contributed by atoms with Crippen molar-refractivity contribution in [1.82, 2.24) is 0 Å². The zero-order valence-corrected chi connectivity index (χ0v) is 13.2. The summed E-state index contributed by atoms with van der Waals surface area (Å²) in [6.45, 7) is 6.38. The second-order valence-electron chi connectivity index (χ2n) is 7.66. The molecule has 0 aromatic heterocycles. The SMILES string of the molecule is CC1(C)CC(Nc2cccc(OC(F)F)c2)CC(C)(C)C1. The van der Waals surface area contributed by atoms with Crippen LogP contribution in [0.15, 0.2) is 24.3 Å². The minimum Gasteiger partial charge on any atom is -0.435 e. The maximum atomic E-state index is 12.3. The Hall–Kier alpha value is -1.32. The van der Waals surface area contributed by atoms with Crippen LogP contribution in [0.4, 0.5) is 14.5 Å². The molecule has 2 rings (SSSR count). The molecule has 1 saturated carbocycles. The molecule has 0 amide bonds. The number of halogens is 2. The third-order valence-electron chi connectivity index (χ3n) is 3.99. The summed E-state index contributed by atoms with van der Waals surface area (Å²) in [6.07, 6.45) is 3.36. The maximum Gasteiger partial charge on any atom is 0.387 e. The van der Waals surface area contributed by atoms with E-state index >= 15 is 0 Å². The standard InChI is InChI=1S/C17H25F2NO/c1-16(2)9-13(10-17(3,4)11-16)20-12-6-5-7-14(8-12)21-15(18)19/h5-8,13,15,20H,9-11H2,1-4H3. The van der Waals surface area contributed by atoms with Crippen molar-refractivity contribution in [3.8, 4) is 5.75 Å². The van der Waals surface area contributed by atoms with Crippen molar-refractivity contribution < 1.29 is 13.5 Å². The molecule has 0 radical (unpaired) electrons. The average molecular weight is 297 g/mol. The van der Waals surface area contributed by atoms with Gasteiger partial charge in [-0.15, -0.1) is 0 Å². The van der Waals surface area contributed by atoms with E-state index in [-0.39, 0.29) is 16.6 Å². The van der Waals surface area contributed by atoms with Crippen LogP contribution in [0.25, 0.3) is 0 Å². The van der Waals surface area contributed by atoms with Crippen LogP contribution in [-0.4, -0.2) is 12.7 Å². The molecule has 1 aromatic rings. The largest absolute Gasteiger partial charge is 0.435 e. The van der Waals surface area contributed by atoms with Crippen molar-refractivity contribution in [2.24, 2.45) is 10.8 Å². The molecule has 0 spiro atoms. The van der Waals surface area contributed by atoms with Crippen LogP contribution >= 0.6 is 0 Å². The fourth-order valence-corrected chi connectivity index (χ4v) is 3.95. The molecule has 0 aliphatic heterocycles. The fourth-order valence-electron chi connectivity index (χ4n) is 3.95. The lowest BCUT2D eigenvalue weighted by Gasteiger charge is -2.45. The minimum absolute atomic E-state index is 0.198. The number of ether oxygens (including phenoxy) is 1. The molecule has 1 aromatic carbocycles. The number of hydrogen-bond acceptors (Lipinski definition) is 2. The zero-order chi connectivity index (χ0) is 15.7. The van der Waals surface area contributed by atoms with E-state index in [1.807, 2.05) is 6.07 Å². The Morgan fingerprint density at radius 1 is 1.14 bits per heavy atom. The predicted molar refractivity (Wildman–Crippen MR) is 81.9 cm³/mol. The molecule has 1 fully saturated rings. The van der Waals surface area contributed by atoms with Crippen molar-refractivity contribution in [2.45, 2.75) is 59.6 Å². The van der Waals surface area contributed by atoms with Crippen molar-refractivity contribution in [1.29, 1.82) is 0 Å². The molecule has 0 saturated heterocycles. The minimum atomic E-state index is -2.78. The molecular formula is C17H25F2NO. The smallest absolute Gasteiger partial charge is 0.387 e. The van der Waals surface area contributed by atoms with Gasteiger partial charge in [-0.05, 0) is 42.2 Å². The summed E-state index contributed by atoms with van der Waals surface area (Å²) in [4.78, 5) is 0. The second-order valence-corrected chi connectivity index (χ2v) is 7.66. The van der Waals surface area contributed by atoms with Crippen LogP contribution < -0.4 is 10.1 Å². The van der Waals surface area contributed by atoms with E-state index in [0.717, 1.165) is 18.5 Å². The van der Waals surface area contributed by atoms with Gasteiger partial charge in [0, 0.05) is 17.8 Å². The zero-order valence-electron chi connectivity index (χ0n) is 13.2. The van der Waals surface area contributed by atoms with Crippen LogP contribution in [0.2, 0.25) is 0 Å². The summed E-state index contributed by atoms with van der Waals surface area (Å²) in [7, 11) is 0. The number of alkyl halides is 2. The van der Waals surface area contributed by atoms with Gasteiger partial charge in [0.25, 0.3) is 0 Å². The predicted octanol–water partition coefficient (Wildman–Crippen LogP) is 5.30. The van der Waals surface area contributed by atoms with E-state index in [1.165, 1.54) is 6.42 Å². The van der Waals surface area contributed by atoms with Crippen molar-refractivity contribution in [3.05, 3.63) is 24.3 Å². The average Bonchev–Trinajstić information content (AvgIpc) is 2.23. The van der Waals surface area contributed by atoms with Gasteiger partial charge >= 0.3 is 6.61 Å². The third kappa shape index (κ3) is 4.87. The molecule has 1 N–H and O–H groups in total. The first-order valence-corrected chi connectivity index (χ1v) is 7.47. The molecule has 2 nitrogen and oxygen atoms in total. The number of benzene rings is 1. The van der Waals surface area contributed by atoms with Crippen LogP contribution in [0.3, 0.4) is 0 Å². The Kier molecular flexibility index (Phi) is 4.45. The lowest BCUT2D eigenvalue weighted by molar-refractivity contribution is -0.0498. The van der Waals surface area contributed by atoms with Gasteiger partial charge in [0.05, 0.1) is 0 Å². The quantitative estimate of drug-likeness (QED) is 0.813. The molecule has 0 atom stereocenters. The summed E-state index contributed by atoms with van der Waals surface area (Å²) in [5.41, 5.74) is 1.42. The fraction of sp³-hybridized carbons (Fsp3) is 0.647. The molecule has 0 bridgehead atoms. The molecule has 0 unspecified atom stereocenters. The van der Waals surface area contributed by atoms with Gasteiger partial charge < -0.3 is 10.1 Å². The topological polar surface area (TPSA) is 21.3 Å². The Morgan fingerprint density at radius 3 is 2.33 bits per heavy atom. The second kappa shape index (κ2) is 5.82. The van der Waals surface area contributed by atoms with Crippen LogP contribution in [0.5, 0.6) is 5.75 Å². The van der Waals surface area contributed by atoms with Gasteiger partial charge in [-0.2, -0.15) is 8.78 Å². The van der Waals surface area contributed by atoms with Crippen molar-refractivity contribution in [2.75, 3.05) is 5.32 Å². The van der Waals surface area contributed by atoms with Crippen molar-refractivity contribution in [3.63, 3.8) is 0 Å². The molecule has 0 heterocycles. The van der Waals surface area contributed by atoms with Gasteiger partial charge in [-0.1, -0.05) is 33.8 Å². The van der Waals surface area contributed by atoms with E-state index in [2.05, 4.69) is 37.7 Å². The van der Waals surface area contributed by atoms with Gasteiger partial charge in [0.2, 0.25) is 0 Å². The van der Waals surface area contributed by atoms with Crippen molar-refractivity contribution >= 4 is 5.69 Å². The van der Waals surface area contributed by atoms with Crippen LogP contribution in [-0.2, 0) is 0 Å². The lowest BCUT2D eigenvalue weighted by Crippen LogP contribution is -2.40. The van der Waals surface area contributed by atoms with Gasteiger partial charge in [-0.3, -0.25) is 0 Å². The Morgan fingerprint density at radius 2 is 1.76 bits per heavy atom. The molecular weight excluding hydrogens is 272 g/mol. The number of nitrogens with one attached hydrogen (secondary N) is 1. The normalized spacial score (nSPS) is 21.3. The van der Waals surface area contributed by atoms with Gasteiger partial charge in [-0.25, -0.2) is 0 Å². The molecule has 1 aliphatic carbocycles. The first kappa shape index (κ1) is 16.1. The highest BCUT2D eigenvalue weighted by Gasteiger charge is 2.38. The van der Waals surface area contributed by atoms with E-state index < -0.39 is 6.61 Å². The molecule has 118 valence electrons. The summed E-state index contributed by atoms with van der Waals surface area (Å²) in [5.74, 6) is 0.198. The maximum absolute atomic E-state index is 12.3. The monoisotopic (exact) mass is 297 g/mol. The highest BCUT2D eigenvalue weighted by atomic mass is 19.3. The third-order valence-corrected chi connectivity index (χ3v) is 3.99. The lowest BCUT2D eigenvalue weighted by atomic mass is 9.63. The summed E-state index contributed by atoms with van der Waals surface area (Å²) >= 11 is 0. The van der Waals surface area contributed by atoms with E-state index in [1.54, 1.807) is 18.2 Å². The molecule has 4 heteroatoms. The molecule has 1 aliphatic rings. The summed E-state index contributed by atoms with van der Waals surface area (Å²) < 4.78 is 29.0. The first-order chi connectivity index (χ1) is 9.65. The number of anilines is 1. The highest BCUT2D eigenvalue weighted by Crippen LogP contribution is 2.46. The Balaban J connectivity index is 2.07. The van der Waals surface area contributed by atoms with E-state index in [4.69, 9.17) is 0 Å². The van der Waals surface area contributed by atoms with Gasteiger partial charge in [0.15, 0.2) is 0 Å². The first-order valence-electron chi connectivity index (χ1n) is 7.47. The number of hydrogen-bond donors (Lipinski definition) is 1. The summed E-state index contributed by atoms with van der Waals surface area (Å²) in [6, 6.07) is 7.17. The highest BCUT2D eigenvalue weighted by molar-refractivity contribution is 5.49. The van der Waals surface area contributed by atoms with Crippen LogP contribution in [0.1, 0.15) is 47.0 Å². The Labute approximate surface area is 125 Å². The Bertz CT molecular complexity index is 469. The summed E-state index contributed by atoms with van der Waals surface area (Å²) in [5, 5.41) is 3.48. The number of rotatable bonds is 4. The van der Waals surface area contributed by atoms with Crippen LogP contribution in [0, 0.1) is 10.8 Å².